The number of azo groups is 1. The largest absolute Gasteiger partial charge is 0.494 e. The highest BCUT2D eigenvalue weighted by atomic mass is 32.1. The van der Waals surface area contributed by atoms with Crippen LogP contribution in [0.3, 0.4) is 0 Å². The molecule has 0 radical (unpaired) electrons. The zero-order chi connectivity index (χ0) is 31.1. The number of aryl methyl sites for hydroxylation is 1. The molecule has 0 fully saturated rings. The van der Waals surface area contributed by atoms with E-state index in [1.165, 1.54) is 29.4 Å². The topological polar surface area (TPSA) is 107 Å². The Labute approximate surface area is 257 Å². The average Bonchev–Trinajstić information content (AvgIpc) is 3.32. The third-order valence-electron chi connectivity index (χ3n) is 6.78. The SMILES string of the molecule is CNc1ccc(Cc2ccc(Nc3cc(NC(C)=O)c(N=Nc4sc(N(C(C)C)C(C)C)n[n+]4C)cc3OC)cc2)cc1. The molecule has 10 nitrogen and oxygen atoms in total. The molecule has 0 aliphatic rings. The second-order valence-electron chi connectivity index (χ2n) is 10.8. The predicted octanol–water partition coefficient (Wildman–Crippen LogP) is 7.35. The van der Waals surface area contributed by atoms with Gasteiger partial charge in [0.05, 0.1) is 23.6 Å². The van der Waals surface area contributed by atoms with Crippen LogP contribution in [0.1, 0.15) is 45.7 Å². The molecule has 0 saturated heterocycles. The Morgan fingerprint density at radius 3 is 2.09 bits per heavy atom. The Bertz CT molecular complexity index is 1560. The Balaban J connectivity index is 1.57. The number of rotatable bonds is 12. The summed E-state index contributed by atoms with van der Waals surface area (Å²) in [6, 6.07) is 20.8. The first kappa shape index (κ1) is 31.4. The van der Waals surface area contributed by atoms with Crippen LogP contribution in [0.4, 0.5) is 38.7 Å². The van der Waals surface area contributed by atoms with Crippen molar-refractivity contribution in [1.29, 1.82) is 0 Å². The second kappa shape index (κ2) is 14.1. The summed E-state index contributed by atoms with van der Waals surface area (Å²) in [6.45, 7) is 10.0. The normalized spacial score (nSPS) is 11.3. The standard InChI is InChI=1S/C32H40N8O2S/c1-20(2)40(21(3)4)32-38-39(7)31(43-32)37-36-28-19-30(42-8)29(18-27(28)34-22(5)41)35-26-15-11-24(12-16-26)17-23-9-13-25(33-6)14-10-23/h9-16,18-21,33H,17H2,1-8H3,(H,34,35,41)/p+1. The van der Waals surface area contributed by atoms with Crippen LogP contribution in [-0.2, 0) is 18.3 Å². The molecule has 11 heteroatoms. The molecular weight excluding hydrogens is 560 g/mol. The van der Waals surface area contributed by atoms with E-state index in [2.05, 4.69) is 100 Å². The highest BCUT2D eigenvalue weighted by Gasteiger charge is 2.24. The fraction of sp³-hybridized carbons (Fsp3) is 0.344. The lowest BCUT2D eigenvalue weighted by Gasteiger charge is -2.28. The monoisotopic (exact) mass is 601 g/mol. The summed E-state index contributed by atoms with van der Waals surface area (Å²) in [4.78, 5) is 14.3. The van der Waals surface area contributed by atoms with Crippen molar-refractivity contribution in [1.82, 2.24) is 5.10 Å². The van der Waals surface area contributed by atoms with Gasteiger partial charge in [0.25, 0.3) is 0 Å². The summed E-state index contributed by atoms with van der Waals surface area (Å²) in [5, 5.41) is 24.6. The minimum atomic E-state index is -0.213. The van der Waals surface area contributed by atoms with Crippen LogP contribution >= 0.6 is 11.3 Å². The molecule has 3 N–H and O–H groups in total. The molecule has 0 spiro atoms. The Morgan fingerprint density at radius 1 is 0.953 bits per heavy atom. The van der Waals surface area contributed by atoms with E-state index in [0.717, 1.165) is 22.9 Å². The molecule has 0 aliphatic heterocycles. The van der Waals surface area contributed by atoms with Gasteiger partial charge in [0, 0.05) is 43.5 Å². The summed E-state index contributed by atoms with van der Waals surface area (Å²) in [6.07, 6.45) is 0.839. The summed E-state index contributed by atoms with van der Waals surface area (Å²) in [5.74, 6) is 0.353. The van der Waals surface area contributed by atoms with Crippen LogP contribution < -0.4 is 30.3 Å². The molecule has 226 valence electrons. The zero-order valence-corrected chi connectivity index (χ0v) is 26.9. The molecule has 4 aromatic rings. The van der Waals surface area contributed by atoms with Crippen molar-refractivity contribution in [2.24, 2.45) is 17.3 Å². The van der Waals surface area contributed by atoms with Crippen LogP contribution in [0.5, 0.6) is 5.75 Å². The minimum Gasteiger partial charge on any atom is -0.494 e. The van der Waals surface area contributed by atoms with E-state index in [1.807, 2.05) is 32.3 Å². The lowest BCUT2D eigenvalue weighted by molar-refractivity contribution is -0.712. The van der Waals surface area contributed by atoms with Crippen molar-refractivity contribution in [3.8, 4) is 5.75 Å². The van der Waals surface area contributed by atoms with Crippen LogP contribution in [0, 0.1) is 0 Å². The predicted molar refractivity (Wildman–Crippen MR) is 176 cm³/mol. The molecule has 1 amide bonds. The van der Waals surface area contributed by atoms with Gasteiger partial charge in [-0.25, -0.2) is 0 Å². The minimum absolute atomic E-state index is 0.213. The highest BCUT2D eigenvalue weighted by molar-refractivity contribution is 7.18. The van der Waals surface area contributed by atoms with E-state index in [-0.39, 0.29) is 5.91 Å². The molecule has 1 aromatic heterocycles. The van der Waals surface area contributed by atoms with Crippen molar-refractivity contribution in [3.63, 3.8) is 0 Å². The molecule has 4 rings (SSSR count). The quantitative estimate of drug-likeness (QED) is 0.116. The van der Waals surface area contributed by atoms with Gasteiger partial charge in [-0.15, -0.1) is 4.68 Å². The van der Waals surface area contributed by atoms with Crippen LogP contribution in [0.15, 0.2) is 70.9 Å². The van der Waals surface area contributed by atoms with E-state index in [1.54, 1.807) is 17.9 Å². The highest BCUT2D eigenvalue weighted by Crippen LogP contribution is 2.39. The van der Waals surface area contributed by atoms with Gasteiger partial charge in [0.1, 0.15) is 18.5 Å². The first-order valence-electron chi connectivity index (χ1n) is 14.3. The molecule has 0 unspecified atom stereocenters. The van der Waals surface area contributed by atoms with Crippen LogP contribution in [0.2, 0.25) is 0 Å². The lowest BCUT2D eigenvalue weighted by Crippen LogP contribution is -2.39. The molecule has 3 aromatic carbocycles. The number of ether oxygens (including phenoxy) is 1. The molecule has 0 bridgehead atoms. The van der Waals surface area contributed by atoms with Gasteiger partial charge in [-0.3, -0.25) is 4.79 Å². The summed E-state index contributed by atoms with van der Waals surface area (Å²) in [7, 11) is 5.36. The Kier molecular flexibility index (Phi) is 10.3. The number of hydrogen-bond acceptors (Lipinski definition) is 9. The number of nitrogens with one attached hydrogen (secondary N) is 3. The van der Waals surface area contributed by atoms with Gasteiger partial charge in [-0.1, -0.05) is 29.4 Å². The molecule has 1 heterocycles. The first-order chi connectivity index (χ1) is 20.6. The maximum absolute atomic E-state index is 12.1. The van der Waals surface area contributed by atoms with Gasteiger partial charge < -0.3 is 25.6 Å². The maximum Gasteiger partial charge on any atom is 0.431 e. The zero-order valence-electron chi connectivity index (χ0n) is 26.1. The lowest BCUT2D eigenvalue weighted by atomic mass is 10.0. The number of anilines is 5. The van der Waals surface area contributed by atoms with Crippen molar-refractivity contribution in [2.45, 2.75) is 53.1 Å². The van der Waals surface area contributed by atoms with E-state index >= 15 is 0 Å². The van der Waals surface area contributed by atoms with Crippen molar-refractivity contribution < 1.29 is 14.2 Å². The molecule has 0 atom stereocenters. The Morgan fingerprint density at radius 2 is 1.56 bits per heavy atom. The van der Waals surface area contributed by atoms with E-state index in [4.69, 9.17) is 4.74 Å². The second-order valence-corrected chi connectivity index (χ2v) is 11.7. The van der Waals surface area contributed by atoms with E-state index in [9.17, 15) is 4.79 Å². The third-order valence-corrected chi connectivity index (χ3v) is 7.79. The number of aromatic nitrogens is 2. The fourth-order valence-corrected chi connectivity index (χ4v) is 5.87. The van der Waals surface area contributed by atoms with Crippen molar-refractivity contribution >= 4 is 55.9 Å². The van der Waals surface area contributed by atoms with Crippen molar-refractivity contribution in [3.05, 3.63) is 71.8 Å². The van der Waals surface area contributed by atoms with E-state index in [0.29, 0.717) is 40.0 Å². The summed E-state index contributed by atoms with van der Waals surface area (Å²) in [5.41, 5.74) is 6.10. The van der Waals surface area contributed by atoms with Gasteiger partial charge in [0.15, 0.2) is 0 Å². The third kappa shape index (κ3) is 8.07. The van der Waals surface area contributed by atoms with Gasteiger partial charge in [-0.05, 0) is 92.0 Å². The Hall–Kier alpha value is -4.51. The van der Waals surface area contributed by atoms with E-state index < -0.39 is 0 Å². The molecule has 0 aliphatic carbocycles. The van der Waals surface area contributed by atoms with Crippen LogP contribution in [0.25, 0.3) is 0 Å². The van der Waals surface area contributed by atoms with Crippen LogP contribution in [-0.4, -0.2) is 37.2 Å². The van der Waals surface area contributed by atoms with Gasteiger partial charge in [0.2, 0.25) is 11.0 Å². The average molecular weight is 602 g/mol. The molecule has 0 saturated carbocycles. The number of carbonyl (C=O) groups excluding carboxylic acids is 1. The van der Waals surface area contributed by atoms with Gasteiger partial charge >= 0.3 is 5.13 Å². The van der Waals surface area contributed by atoms with Gasteiger partial charge in [-0.2, -0.15) is 0 Å². The number of amides is 1. The summed E-state index contributed by atoms with van der Waals surface area (Å²) < 4.78 is 7.42. The smallest absolute Gasteiger partial charge is 0.431 e. The number of hydrogen-bond donors (Lipinski definition) is 3. The summed E-state index contributed by atoms with van der Waals surface area (Å²) >= 11 is 1.46. The first-order valence-corrected chi connectivity index (χ1v) is 15.1. The maximum atomic E-state index is 12.1. The fourth-order valence-electron chi connectivity index (χ4n) is 4.76. The molecule has 43 heavy (non-hydrogen) atoms. The van der Waals surface area contributed by atoms with Crippen molar-refractivity contribution in [2.75, 3.05) is 35.0 Å². The number of benzene rings is 3. The number of methoxy groups -OCH3 is 1. The number of nitrogens with zero attached hydrogens (tertiary/aromatic N) is 5. The number of carbonyl (C=O) groups is 1. The molecular formula is C32H41N8O2S+.